The van der Waals surface area contributed by atoms with E-state index < -0.39 is 54.2 Å². The first-order valence-electron chi connectivity index (χ1n) is 7.79. The number of hydrogen-bond donors (Lipinski definition) is 8. The molecular weight excluding hydrogens is 436 g/mol. The standard InChI is InChI=1S/C6H10O4.C4H6O4.C3H4O4.C2H2O4/c7-5(8)3-1-2-4-6(9)10;5-3(6)1-2-4(7)8;4-2(5)1-3(6)7;3-1(4)2(5)6/h1-4H2,(H,7,8)(H,9,10);1-2H2,(H,5,6)(H,7,8);1H2,(H,4,5)(H,6,7);(H,3,4)(H,5,6). The molecular formula is C15H22O16. The van der Waals surface area contributed by atoms with Gasteiger partial charge in [0.05, 0.1) is 12.8 Å². The molecule has 0 unspecified atom stereocenters. The molecule has 0 aliphatic carbocycles. The average molecular weight is 458 g/mol. The second-order valence-corrected chi connectivity index (χ2v) is 4.86. The molecule has 0 bridgehead atoms. The summed E-state index contributed by atoms with van der Waals surface area (Å²) in [5.41, 5.74) is 0. The van der Waals surface area contributed by atoms with Gasteiger partial charge in [-0.2, -0.15) is 0 Å². The van der Waals surface area contributed by atoms with Gasteiger partial charge in [-0.3, -0.25) is 28.8 Å². The molecule has 0 radical (unpaired) electrons. The number of unbranched alkanes of at least 4 members (excludes halogenated alkanes) is 1. The summed E-state index contributed by atoms with van der Waals surface area (Å²) in [7, 11) is 0. The lowest BCUT2D eigenvalue weighted by Crippen LogP contribution is -2.09. The molecule has 178 valence electrons. The third-order valence-corrected chi connectivity index (χ3v) is 2.07. The van der Waals surface area contributed by atoms with Crippen LogP contribution in [0.15, 0.2) is 0 Å². The fraction of sp³-hybridized carbons (Fsp3) is 0.467. The molecule has 0 saturated carbocycles. The van der Waals surface area contributed by atoms with Gasteiger partial charge in [-0.15, -0.1) is 0 Å². The van der Waals surface area contributed by atoms with E-state index in [9.17, 15) is 28.8 Å². The summed E-state index contributed by atoms with van der Waals surface area (Å²) >= 11 is 0. The number of aliphatic carboxylic acids is 8. The van der Waals surface area contributed by atoms with Gasteiger partial charge in [-0.1, -0.05) is 0 Å². The van der Waals surface area contributed by atoms with Gasteiger partial charge in [0.1, 0.15) is 6.42 Å². The lowest BCUT2D eigenvalue weighted by Gasteiger charge is -1.92. The molecule has 8 N–H and O–H groups in total. The molecule has 31 heavy (non-hydrogen) atoms. The maximum Gasteiger partial charge on any atom is 0.414 e. The van der Waals surface area contributed by atoms with Gasteiger partial charge in [-0.25, -0.2) is 9.59 Å². The fourth-order valence-corrected chi connectivity index (χ4v) is 0.896. The quantitative estimate of drug-likeness (QED) is 0.114. The van der Waals surface area contributed by atoms with Crippen LogP contribution in [0.3, 0.4) is 0 Å². The van der Waals surface area contributed by atoms with Gasteiger partial charge >= 0.3 is 47.8 Å². The Kier molecular flexibility index (Phi) is 24.4. The van der Waals surface area contributed by atoms with E-state index in [1.807, 2.05) is 0 Å². The maximum absolute atomic E-state index is 9.90. The first-order valence-corrected chi connectivity index (χ1v) is 7.79. The summed E-state index contributed by atoms with van der Waals surface area (Å²) in [5, 5.41) is 62.2. The SMILES string of the molecule is O=C(O)C(=O)O.O=C(O)CC(=O)O.O=C(O)CCC(=O)O.O=C(O)CCCCC(=O)O. The number of carbonyl (C=O) groups is 8. The highest BCUT2D eigenvalue weighted by atomic mass is 16.4. The van der Waals surface area contributed by atoms with Gasteiger partial charge in [0.2, 0.25) is 0 Å². The zero-order valence-corrected chi connectivity index (χ0v) is 15.8. The molecule has 16 nitrogen and oxygen atoms in total. The van der Waals surface area contributed by atoms with E-state index in [0.29, 0.717) is 12.8 Å². The average Bonchev–Trinajstić information content (AvgIpc) is 2.57. The van der Waals surface area contributed by atoms with Crippen LogP contribution < -0.4 is 0 Å². The molecule has 0 spiro atoms. The lowest BCUT2D eigenvalue weighted by molar-refractivity contribution is -0.159. The van der Waals surface area contributed by atoms with E-state index in [4.69, 9.17) is 50.4 Å². The minimum Gasteiger partial charge on any atom is -0.481 e. The van der Waals surface area contributed by atoms with Crippen LogP contribution >= 0.6 is 0 Å². The predicted octanol–water partition coefficient (Wildman–Crippen LogP) is -0.647. The third kappa shape index (κ3) is 58.5. The van der Waals surface area contributed by atoms with Gasteiger partial charge in [-0.05, 0) is 12.8 Å². The smallest absolute Gasteiger partial charge is 0.414 e. The van der Waals surface area contributed by atoms with Gasteiger partial charge in [0, 0.05) is 12.8 Å². The van der Waals surface area contributed by atoms with Crippen molar-refractivity contribution in [1.29, 1.82) is 0 Å². The fourth-order valence-electron chi connectivity index (χ4n) is 0.896. The van der Waals surface area contributed by atoms with Crippen molar-refractivity contribution in [1.82, 2.24) is 0 Å². The Morgan fingerprint density at radius 2 is 0.581 bits per heavy atom. The van der Waals surface area contributed by atoms with E-state index in [1.165, 1.54) is 0 Å². The van der Waals surface area contributed by atoms with Gasteiger partial charge in [0.15, 0.2) is 0 Å². The minimum absolute atomic E-state index is 0.0628. The maximum atomic E-state index is 9.90. The second kappa shape index (κ2) is 22.1. The van der Waals surface area contributed by atoms with Crippen molar-refractivity contribution in [3.05, 3.63) is 0 Å². The zero-order chi connectivity index (χ0) is 25.6. The van der Waals surface area contributed by atoms with E-state index in [0.717, 1.165) is 0 Å². The van der Waals surface area contributed by atoms with E-state index >= 15 is 0 Å². The molecule has 0 rings (SSSR count). The topological polar surface area (TPSA) is 298 Å². The van der Waals surface area contributed by atoms with Crippen LogP contribution in [0.25, 0.3) is 0 Å². The molecule has 0 heterocycles. The summed E-state index contributed by atoms with van der Waals surface area (Å²) in [6, 6.07) is 0. The normalized spacial score (nSPS) is 8.39. The van der Waals surface area contributed by atoms with Crippen LogP contribution in [0.5, 0.6) is 0 Å². The lowest BCUT2D eigenvalue weighted by atomic mass is 10.2. The van der Waals surface area contributed by atoms with Crippen LogP contribution in [0.4, 0.5) is 0 Å². The van der Waals surface area contributed by atoms with E-state index in [1.54, 1.807) is 0 Å². The molecule has 0 atom stereocenters. The molecule has 0 fully saturated rings. The Hall–Kier alpha value is -4.24. The Balaban J connectivity index is -0.000000160. The summed E-state index contributed by atoms with van der Waals surface area (Å²) in [5.74, 6) is -10.2. The summed E-state index contributed by atoms with van der Waals surface area (Å²) in [6.07, 6.45) is -0.380. The van der Waals surface area contributed by atoms with Gasteiger partial charge in [0.25, 0.3) is 0 Å². The number of carboxylic acids is 8. The van der Waals surface area contributed by atoms with Crippen molar-refractivity contribution in [3.8, 4) is 0 Å². The van der Waals surface area contributed by atoms with Crippen molar-refractivity contribution >= 4 is 47.8 Å². The molecule has 0 amide bonds. The van der Waals surface area contributed by atoms with Crippen LogP contribution in [-0.4, -0.2) is 88.6 Å². The highest BCUT2D eigenvalue weighted by Gasteiger charge is 2.04. The molecule has 0 aromatic carbocycles. The summed E-state index contributed by atoms with van der Waals surface area (Å²) in [6.45, 7) is 0. The van der Waals surface area contributed by atoms with Crippen LogP contribution in [0, 0.1) is 0 Å². The molecule has 0 saturated heterocycles. The van der Waals surface area contributed by atoms with Crippen LogP contribution in [-0.2, 0) is 38.4 Å². The number of hydrogen-bond acceptors (Lipinski definition) is 8. The van der Waals surface area contributed by atoms with Crippen molar-refractivity contribution in [2.45, 2.75) is 44.9 Å². The zero-order valence-electron chi connectivity index (χ0n) is 15.8. The van der Waals surface area contributed by atoms with Crippen LogP contribution in [0.2, 0.25) is 0 Å². The molecule has 0 aromatic heterocycles. The third-order valence-electron chi connectivity index (χ3n) is 2.07. The Morgan fingerprint density at radius 1 is 0.355 bits per heavy atom. The highest BCUT2D eigenvalue weighted by molar-refractivity contribution is 6.27. The molecule has 16 heteroatoms. The van der Waals surface area contributed by atoms with Crippen molar-refractivity contribution < 1.29 is 79.2 Å². The molecule has 0 aliphatic rings. The van der Waals surface area contributed by atoms with Gasteiger partial charge < -0.3 is 40.9 Å². The second-order valence-electron chi connectivity index (χ2n) is 4.86. The molecule has 0 aromatic rings. The Morgan fingerprint density at radius 3 is 0.677 bits per heavy atom. The minimum atomic E-state index is -1.82. The highest BCUT2D eigenvalue weighted by Crippen LogP contribution is 1.98. The van der Waals surface area contributed by atoms with Crippen LogP contribution in [0.1, 0.15) is 44.9 Å². The van der Waals surface area contributed by atoms with Crippen molar-refractivity contribution in [2.75, 3.05) is 0 Å². The predicted molar refractivity (Wildman–Crippen MR) is 93.4 cm³/mol. The summed E-state index contributed by atoms with van der Waals surface area (Å²) in [4.78, 5) is 76.1. The Bertz CT molecular complexity index is 581. The first kappa shape index (κ1) is 34.3. The largest absolute Gasteiger partial charge is 0.481 e. The summed E-state index contributed by atoms with van der Waals surface area (Å²) < 4.78 is 0. The van der Waals surface area contributed by atoms with Crippen molar-refractivity contribution in [3.63, 3.8) is 0 Å². The molecule has 0 aliphatic heterocycles. The van der Waals surface area contributed by atoms with E-state index in [2.05, 4.69) is 0 Å². The Labute approximate surface area is 173 Å². The van der Waals surface area contributed by atoms with Crippen molar-refractivity contribution in [2.24, 2.45) is 0 Å². The first-order chi connectivity index (χ1) is 14.0. The monoisotopic (exact) mass is 458 g/mol. The number of rotatable bonds is 10. The number of carboxylic acid groups (broad SMARTS) is 8. The van der Waals surface area contributed by atoms with E-state index in [-0.39, 0.29) is 25.7 Å².